The predicted octanol–water partition coefficient (Wildman–Crippen LogP) is 0.491. The maximum Gasteiger partial charge on any atom is 0.547 e. The SMILES string of the molecule is NCC[C@@H](N)C1CCC(CC(=O)N[C@H]2Cc3cccc(CO)c3OB2O)CC1. The molecule has 0 bridgehead atoms. The molecule has 1 aliphatic carbocycles. The Kier molecular flexibility index (Phi) is 7.34. The Bertz CT molecular complexity index is 667. The minimum atomic E-state index is -1.12. The van der Waals surface area contributed by atoms with Gasteiger partial charge in [0.05, 0.1) is 12.5 Å². The quantitative estimate of drug-likeness (QED) is 0.432. The van der Waals surface area contributed by atoms with Gasteiger partial charge < -0.3 is 31.6 Å². The number of nitrogens with one attached hydrogen (secondary N) is 1. The average Bonchev–Trinajstić information content (AvgIpc) is 2.69. The molecule has 3 rings (SSSR count). The Morgan fingerprint density at radius 1 is 1.32 bits per heavy atom. The summed E-state index contributed by atoms with van der Waals surface area (Å²) in [6.07, 6.45) is 5.90. The lowest BCUT2D eigenvalue weighted by molar-refractivity contribution is -0.122. The fraction of sp³-hybridized carbons (Fsp3) is 0.650. The van der Waals surface area contributed by atoms with Gasteiger partial charge in [0, 0.05) is 18.0 Å². The van der Waals surface area contributed by atoms with Crippen molar-refractivity contribution in [3.8, 4) is 5.75 Å². The smallest absolute Gasteiger partial charge is 0.534 e. The van der Waals surface area contributed by atoms with Crippen molar-refractivity contribution in [2.24, 2.45) is 23.3 Å². The first-order chi connectivity index (χ1) is 13.5. The number of carbonyl (C=O) groups excluding carboxylic acids is 1. The van der Waals surface area contributed by atoms with Crippen LogP contribution in [0.4, 0.5) is 0 Å². The highest BCUT2D eigenvalue weighted by Crippen LogP contribution is 2.33. The minimum absolute atomic E-state index is 0.0517. The van der Waals surface area contributed by atoms with Crippen LogP contribution >= 0.6 is 0 Å². The molecule has 2 aliphatic rings. The highest BCUT2D eigenvalue weighted by molar-refractivity contribution is 6.46. The molecule has 1 amide bonds. The molecule has 1 aliphatic heterocycles. The zero-order valence-corrected chi connectivity index (χ0v) is 16.3. The molecule has 1 saturated carbocycles. The largest absolute Gasteiger partial charge is 0.547 e. The standard InChI is InChI=1S/C20H32BN3O4/c22-9-8-17(23)14-6-4-13(5-7-14)10-19(26)24-18-11-15-2-1-3-16(12-25)20(15)28-21(18)27/h1-3,13-14,17-18,25,27H,4-12,22-23H2,(H,24,26)/t13?,14?,17-,18+/m1/s1. The molecule has 7 nitrogen and oxygen atoms in total. The van der Waals surface area contributed by atoms with Crippen molar-refractivity contribution < 1.29 is 19.6 Å². The van der Waals surface area contributed by atoms with Crippen LogP contribution in [-0.4, -0.2) is 41.7 Å². The van der Waals surface area contributed by atoms with Gasteiger partial charge in [-0.2, -0.15) is 0 Å². The molecule has 0 aromatic heterocycles. The van der Waals surface area contributed by atoms with Crippen LogP contribution in [0.3, 0.4) is 0 Å². The van der Waals surface area contributed by atoms with Crippen LogP contribution < -0.4 is 21.4 Å². The van der Waals surface area contributed by atoms with Gasteiger partial charge in [0.2, 0.25) is 5.91 Å². The molecular formula is C20H32BN3O4. The van der Waals surface area contributed by atoms with Crippen molar-refractivity contribution in [1.82, 2.24) is 5.32 Å². The van der Waals surface area contributed by atoms with Crippen LogP contribution in [0, 0.1) is 11.8 Å². The van der Waals surface area contributed by atoms with E-state index in [4.69, 9.17) is 16.1 Å². The summed E-state index contributed by atoms with van der Waals surface area (Å²) >= 11 is 0. The first kappa shape index (κ1) is 21.1. The molecule has 1 fully saturated rings. The van der Waals surface area contributed by atoms with Gasteiger partial charge in [0.1, 0.15) is 5.75 Å². The first-order valence-corrected chi connectivity index (χ1v) is 10.3. The van der Waals surface area contributed by atoms with Crippen molar-refractivity contribution in [2.45, 2.75) is 63.5 Å². The minimum Gasteiger partial charge on any atom is -0.534 e. The number of fused-ring (bicyclic) bond motifs is 1. The number of rotatable bonds is 7. The molecule has 28 heavy (non-hydrogen) atoms. The monoisotopic (exact) mass is 389 g/mol. The third-order valence-electron chi connectivity index (χ3n) is 6.19. The molecule has 0 saturated heterocycles. The number of benzene rings is 1. The Labute approximate surface area is 167 Å². The topological polar surface area (TPSA) is 131 Å². The number of aliphatic hydroxyl groups is 1. The molecule has 0 unspecified atom stereocenters. The summed E-state index contributed by atoms with van der Waals surface area (Å²) in [5.74, 6) is 0.854. The Morgan fingerprint density at radius 2 is 2.07 bits per heavy atom. The molecule has 1 aromatic rings. The van der Waals surface area contributed by atoms with Gasteiger partial charge in [-0.15, -0.1) is 0 Å². The Morgan fingerprint density at radius 3 is 2.75 bits per heavy atom. The Hall–Kier alpha value is -1.61. The second-order valence-electron chi connectivity index (χ2n) is 8.18. The lowest BCUT2D eigenvalue weighted by atomic mass is 9.72. The van der Waals surface area contributed by atoms with Crippen molar-refractivity contribution in [1.29, 1.82) is 0 Å². The number of carbonyl (C=O) groups is 1. The van der Waals surface area contributed by atoms with Gasteiger partial charge in [0.25, 0.3) is 0 Å². The fourth-order valence-corrected chi connectivity index (χ4v) is 4.51. The third kappa shape index (κ3) is 5.05. The van der Waals surface area contributed by atoms with E-state index in [2.05, 4.69) is 5.32 Å². The summed E-state index contributed by atoms with van der Waals surface area (Å²) < 4.78 is 5.58. The zero-order valence-electron chi connectivity index (χ0n) is 16.3. The lowest BCUT2D eigenvalue weighted by Crippen LogP contribution is -2.53. The first-order valence-electron chi connectivity index (χ1n) is 10.3. The molecule has 0 radical (unpaired) electrons. The van der Waals surface area contributed by atoms with Crippen molar-refractivity contribution in [2.75, 3.05) is 6.54 Å². The molecule has 7 N–H and O–H groups in total. The van der Waals surface area contributed by atoms with E-state index < -0.39 is 13.1 Å². The van der Waals surface area contributed by atoms with Crippen molar-refractivity contribution >= 4 is 13.0 Å². The summed E-state index contributed by atoms with van der Waals surface area (Å²) in [6.45, 7) is 0.475. The van der Waals surface area contributed by atoms with Crippen LogP contribution in [0.25, 0.3) is 0 Å². The van der Waals surface area contributed by atoms with Gasteiger partial charge in [0.15, 0.2) is 0 Å². The molecule has 1 heterocycles. The van der Waals surface area contributed by atoms with Gasteiger partial charge in [-0.3, -0.25) is 4.79 Å². The normalized spacial score (nSPS) is 25.6. The van der Waals surface area contributed by atoms with Crippen LogP contribution in [-0.2, 0) is 17.8 Å². The van der Waals surface area contributed by atoms with Gasteiger partial charge in [-0.25, -0.2) is 0 Å². The number of amides is 1. The molecular weight excluding hydrogens is 357 g/mol. The van der Waals surface area contributed by atoms with Crippen LogP contribution in [0.2, 0.25) is 0 Å². The fourth-order valence-electron chi connectivity index (χ4n) is 4.51. The van der Waals surface area contributed by atoms with Crippen LogP contribution in [0.15, 0.2) is 18.2 Å². The van der Waals surface area contributed by atoms with Gasteiger partial charge in [-0.1, -0.05) is 18.2 Å². The average molecular weight is 389 g/mol. The number of nitrogens with two attached hydrogens (primary N) is 2. The van der Waals surface area contributed by atoms with E-state index in [9.17, 15) is 14.9 Å². The number of para-hydroxylation sites is 1. The molecule has 2 atom stereocenters. The number of hydrogen-bond acceptors (Lipinski definition) is 6. The second kappa shape index (κ2) is 9.74. The molecule has 154 valence electrons. The third-order valence-corrected chi connectivity index (χ3v) is 6.19. The highest BCUT2D eigenvalue weighted by Gasteiger charge is 2.37. The molecule has 1 aromatic carbocycles. The van der Waals surface area contributed by atoms with E-state index in [0.29, 0.717) is 42.5 Å². The molecule has 8 heteroatoms. The number of hydrogen-bond donors (Lipinski definition) is 5. The lowest BCUT2D eigenvalue weighted by Gasteiger charge is -2.33. The highest BCUT2D eigenvalue weighted by atomic mass is 16.5. The van der Waals surface area contributed by atoms with E-state index in [-0.39, 0.29) is 18.6 Å². The second-order valence-corrected chi connectivity index (χ2v) is 8.18. The van der Waals surface area contributed by atoms with Crippen LogP contribution in [0.5, 0.6) is 5.75 Å². The van der Waals surface area contributed by atoms with E-state index >= 15 is 0 Å². The van der Waals surface area contributed by atoms with E-state index in [1.54, 1.807) is 6.07 Å². The van der Waals surface area contributed by atoms with E-state index in [1.165, 1.54) is 0 Å². The predicted molar refractivity (Wildman–Crippen MR) is 108 cm³/mol. The maximum absolute atomic E-state index is 12.5. The summed E-state index contributed by atoms with van der Waals surface area (Å²) in [7, 11) is -1.12. The van der Waals surface area contributed by atoms with Crippen LogP contribution in [0.1, 0.15) is 49.7 Å². The van der Waals surface area contributed by atoms with Crippen molar-refractivity contribution in [3.63, 3.8) is 0 Å². The summed E-state index contributed by atoms with van der Waals surface area (Å²) in [5.41, 5.74) is 13.3. The maximum atomic E-state index is 12.5. The summed E-state index contributed by atoms with van der Waals surface area (Å²) in [6, 6.07) is 5.67. The van der Waals surface area contributed by atoms with Gasteiger partial charge >= 0.3 is 7.12 Å². The van der Waals surface area contributed by atoms with Crippen molar-refractivity contribution in [3.05, 3.63) is 29.3 Å². The zero-order chi connectivity index (χ0) is 20.1. The molecule has 0 spiro atoms. The summed E-state index contributed by atoms with van der Waals surface area (Å²) in [4.78, 5) is 12.5. The van der Waals surface area contributed by atoms with Gasteiger partial charge in [-0.05, 0) is 62.5 Å². The van der Waals surface area contributed by atoms with E-state index in [0.717, 1.165) is 37.7 Å². The number of aliphatic hydroxyl groups excluding tert-OH is 1. The Balaban J connectivity index is 1.49. The van der Waals surface area contributed by atoms with E-state index in [1.807, 2.05) is 12.1 Å². The summed E-state index contributed by atoms with van der Waals surface area (Å²) in [5, 5.41) is 22.6.